The summed E-state index contributed by atoms with van der Waals surface area (Å²) in [6.07, 6.45) is 2.59. The van der Waals surface area contributed by atoms with Gasteiger partial charge in [-0.15, -0.1) is 0 Å². The third-order valence-corrected chi connectivity index (χ3v) is 4.94. The summed E-state index contributed by atoms with van der Waals surface area (Å²) in [6.45, 7) is 9.91. The molecule has 0 fully saturated rings. The first-order chi connectivity index (χ1) is 12.6. The summed E-state index contributed by atoms with van der Waals surface area (Å²) >= 11 is 0. The van der Waals surface area contributed by atoms with Gasteiger partial charge in [0.15, 0.2) is 0 Å². The first kappa shape index (κ1) is 18.1. The molecule has 136 valence electrons. The third kappa shape index (κ3) is 4.09. The molecule has 0 bridgehead atoms. The van der Waals surface area contributed by atoms with Crippen molar-refractivity contribution in [3.05, 3.63) is 83.6 Å². The second kappa shape index (κ2) is 8.11. The van der Waals surface area contributed by atoms with E-state index in [0.29, 0.717) is 5.70 Å². The van der Waals surface area contributed by atoms with E-state index in [1.165, 1.54) is 16.7 Å². The quantitative estimate of drug-likeness (QED) is 0.737. The van der Waals surface area contributed by atoms with Crippen molar-refractivity contribution in [1.29, 1.82) is 0 Å². The van der Waals surface area contributed by atoms with Crippen molar-refractivity contribution in [1.82, 2.24) is 10.4 Å². The Morgan fingerprint density at radius 1 is 1.19 bits per heavy atom. The highest BCUT2D eigenvalue weighted by Gasteiger charge is 2.18. The minimum Gasteiger partial charge on any atom is -0.497 e. The third-order valence-electron chi connectivity index (χ3n) is 4.94. The summed E-state index contributed by atoms with van der Waals surface area (Å²) in [4.78, 5) is 2.33. The largest absolute Gasteiger partial charge is 0.497 e. The monoisotopic (exact) mass is 350 g/mol. The highest BCUT2D eigenvalue weighted by molar-refractivity contribution is 5.63. The van der Waals surface area contributed by atoms with E-state index in [9.17, 15) is 0 Å². The van der Waals surface area contributed by atoms with Crippen LogP contribution >= 0.6 is 0 Å². The van der Waals surface area contributed by atoms with Crippen LogP contribution in [0.25, 0.3) is 5.70 Å². The number of ether oxygens (including phenoxy) is 1. The van der Waals surface area contributed by atoms with E-state index in [1.807, 2.05) is 18.2 Å². The van der Waals surface area contributed by atoms with E-state index in [2.05, 4.69) is 47.8 Å². The van der Waals surface area contributed by atoms with E-state index in [0.717, 1.165) is 49.4 Å². The molecule has 0 amide bonds. The van der Waals surface area contributed by atoms with E-state index < -0.39 is 0 Å². The van der Waals surface area contributed by atoms with Crippen LogP contribution < -0.4 is 10.2 Å². The molecular weight excluding hydrogens is 324 g/mol. The zero-order valence-corrected chi connectivity index (χ0v) is 15.3. The Morgan fingerprint density at radius 2 is 2.04 bits per heavy atom. The van der Waals surface area contributed by atoms with Crippen LogP contribution in [0.2, 0.25) is 0 Å². The SMILES string of the molecule is C=C(CCc1ccc2c(c1)CN(C(=C)c1cccc(OC)c1)CC2)NO. The van der Waals surface area contributed by atoms with Gasteiger partial charge in [0.05, 0.1) is 7.11 Å². The molecule has 0 spiro atoms. The lowest BCUT2D eigenvalue weighted by Gasteiger charge is -2.32. The van der Waals surface area contributed by atoms with Gasteiger partial charge in [-0.05, 0) is 48.1 Å². The predicted octanol–water partition coefficient (Wildman–Crippen LogP) is 4.15. The number of nitrogens with one attached hydrogen (secondary N) is 1. The minimum absolute atomic E-state index is 0.635. The molecular formula is C22H26N2O2. The Morgan fingerprint density at radius 3 is 2.81 bits per heavy atom. The number of fused-ring (bicyclic) bond motifs is 1. The van der Waals surface area contributed by atoms with E-state index in [4.69, 9.17) is 9.94 Å². The fourth-order valence-electron chi connectivity index (χ4n) is 3.33. The summed E-state index contributed by atoms with van der Waals surface area (Å²) in [7, 11) is 1.68. The van der Waals surface area contributed by atoms with Crippen LogP contribution in [0.3, 0.4) is 0 Å². The molecule has 0 saturated heterocycles. The molecule has 1 aliphatic rings. The Balaban J connectivity index is 1.73. The first-order valence-electron chi connectivity index (χ1n) is 8.87. The van der Waals surface area contributed by atoms with Crippen LogP contribution in [0.15, 0.2) is 61.3 Å². The average Bonchev–Trinajstić information content (AvgIpc) is 2.70. The molecule has 3 rings (SSSR count). The lowest BCUT2D eigenvalue weighted by molar-refractivity contribution is 0.196. The fourth-order valence-corrected chi connectivity index (χ4v) is 3.33. The van der Waals surface area contributed by atoms with Crippen LogP contribution in [0.1, 0.15) is 28.7 Å². The Hall–Kier alpha value is -2.72. The molecule has 0 aliphatic carbocycles. The lowest BCUT2D eigenvalue weighted by Crippen LogP contribution is -2.29. The van der Waals surface area contributed by atoms with Gasteiger partial charge in [-0.25, -0.2) is 0 Å². The molecule has 1 aliphatic heterocycles. The van der Waals surface area contributed by atoms with Crippen molar-refractivity contribution in [3.63, 3.8) is 0 Å². The predicted molar refractivity (Wildman–Crippen MR) is 105 cm³/mol. The second-order valence-electron chi connectivity index (χ2n) is 6.67. The zero-order valence-electron chi connectivity index (χ0n) is 15.3. The maximum Gasteiger partial charge on any atom is 0.119 e. The number of hydrogen-bond acceptors (Lipinski definition) is 4. The number of benzene rings is 2. The lowest BCUT2D eigenvalue weighted by atomic mass is 9.95. The van der Waals surface area contributed by atoms with Crippen LogP contribution in [0, 0.1) is 0 Å². The fraction of sp³-hybridized carbons (Fsp3) is 0.273. The molecule has 0 aromatic heterocycles. The Bertz CT molecular complexity index is 814. The van der Waals surface area contributed by atoms with Crippen molar-refractivity contribution in [2.75, 3.05) is 13.7 Å². The number of allylic oxidation sites excluding steroid dienone is 1. The van der Waals surface area contributed by atoms with Crippen LogP contribution in [0.4, 0.5) is 0 Å². The van der Waals surface area contributed by atoms with E-state index in [1.54, 1.807) is 7.11 Å². The van der Waals surface area contributed by atoms with Gasteiger partial charge in [0.1, 0.15) is 5.75 Å². The van der Waals surface area contributed by atoms with Gasteiger partial charge < -0.3 is 9.64 Å². The van der Waals surface area contributed by atoms with Crippen LogP contribution in [0.5, 0.6) is 5.75 Å². The van der Waals surface area contributed by atoms with E-state index >= 15 is 0 Å². The molecule has 2 aromatic rings. The summed E-state index contributed by atoms with van der Waals surface area (Å²) < 4.78 is 5.33. The summed E-state index contributed by atoms with van der Waals surface area (Å²) in [5.74, 6) is 0.848. The number of nitrogens with zero attached hydrogens (tertiary/aromatic N) is 1. The number of hydroxylamine groups is 1. The van der Waals surface area contributed by atoms with Gasteiger partial charge in [0, 0.05) is 30.0 Å². The van der Waals surface area contributed by atoms with Gasteiger partial charge >= 0.3 is 0 Å². The molecule has 0 unspecified atom stereocenters. The zero-order chi connectivity index (χ0) is 18.5. The van der Waals surface area contributed by atoms with Gasteiger partial charge in [0.2, 0.25) is 0 Å². The van der Waals surface area contributed by atoms with Crippen molar-refractivity contribution >= 4 is 5.70 Å². The molecule has 2 N–H and O–H groups in total. The van der Waals surface area contributed by atoms with E-state index in [-0.39, 0.29) is 0 Å². The number of aryl methyl sites for hydroxylation is 1. The standard InChI is InChI=1S/C22H26N2O2/c1-16(23-25)7-8-18-9-10-19-11-12-24(15-21(19)13-18)17(2)20-5-4-6-22(14-20)26-3/h4-6,9-10,13-14,23,25H,1-2,7-8,11-12,15H2,3H3. The Labute approximate surface area is 155 Å². The van der Waals surface area contributed by atoms with Gasteiger partial charge in [-0.3, -0.25) is 10.7 Å². The normalized spacial score (nSPS) is 13.1. The molecule has 0 atom stereocenters. The van der Waals surface area contributed by atoms with Gasteiger partial charge in [-0.1, -0.05) is 43.5 Å². The molecule has 26 heavy (non-hydrogen) atoms. The number of methoxy groups -OCH3 is 1. The highest BCUT2D eigenvalue weighted by Crippen LogP contribution is 2.28. The smallest absolute Gasteiger partial charge is 0.119 e. The summed E-state index contributed by atoms with van der Waals surface area (Å²) in [5, 5.41) is 8.87. The highest BCUT2D eigenvalue weighted by atomic mass is 16.5. The van der Waals surface area contributed by atoms with Gasteiger partial charge in [-0.2, -0.15) is 0 Å². The van der Waals surface area contributed by atoms with Crippen molar-refractivity contribution in [3.8, 4) is 5.75 Å². The number of rotatable bonds is 7. The first-order valence-corrected chi connectivity index (χ1v) is 8.87. The summed E-state index contributed by atoms with van der Waals surface area (Å²) in [6, 6.07) is 14.7. The molecule has 2 aromatic carbocycles. The van der Waals surface area contributed by atoms with Crippen molar-refractivity contribution in [2.24, 2.45) is 0 Å². The Kier molecular flexibility index (Phi) is 5.64. The van der Waals surface area contributed by atoms with Crippen molar-refractivity contribution in [2.45, 2.75) is 25.8 Å². The topological polar surface area (TPSA) is 44.7 Å². The maximum absolute atomic E-state index is 8.87. The minimum atomic E-state index is 0.635. The maximum atomic E-state index is 8.87. The molecule has 1 heterocycles. The molecule has 4 nitrogen and oxygen atoms in total. The second-order valence-corrected chi connectivity index (χ2v) is 6.67. The average molecular weight is 350 g/mol. The molecule has 0 radical (unpaired) electrons. The van der Waals surface area contributed by atoms with Crippen molar-refractivity contribution < 1.29 is 9.94 Å². The van der Waals surface area contributed by atoms with Gasteiger partial charge in [0.25, 0.3) is 0 Å². The molecule has 0 saturated carbocycles. The number of hydrogen-bond donors (Lipinski definition) is 2. The summed E-state index contributed by atoms with van der Waals surface area (Å²) in [5.41, 5.74) is 8.89. The molecule has 4 heteroatoms. The van der Waals surface area contributed by atoms with Crippen LogP contribution in [-0.2, 0) is 19.4 Å². The van der Waals surface area contributed by atoms with Crippen LogP contribution in [-0.4, -0.2) is 23.8 Å².